The molecule has 0 unspecified atom stereocenters. The van der Waals surface area contributed by atoms with E-state index in [1.807, 2.05) is 79.7 Å². The second kappa shape index (κ2) is 9.09. The molecule has 2 N–H and O–H groups in total. The van der Waals surface area contributed by atoms with Gasteiger partial charge in [-0.2, -0.15) is 4.98 Å². The lowest BCUT2D eigenvalue weighted by molar-refractivity contribution is 0.412. The summed E-state index contributed by atoms with van der Waals surface area (Å²) in [6, 6.07) is 28.3. The normalized spacial score (nSPS) is 10.5. The molecule has 0 saturated carbocycles. The number of anilines is 3. The Morgan fingerprint density at radius 2 is 1.57 bits per heavy atom. The van der Waals surface area contributed by atoms with Gasteiger partial charge in [0.2, 0.25) is 5.95 Å². The maximum absolute atomic E-state index is 5.35. The number of hydrogen-bond donors (Lipinski definition) is 2. The molecular formula is C25H24N4O. The molecule has 0 bridgehead atoms. The van der Waals surface area contributed by atoms with Gasteiger partial charge in [0.05, 0.1) is 12.8 Å². The van der Waals surface area contributed by atoms with E-state index in [9.17, 15) is 0 Å². The van der Waals surface area contributed by atoms with Crippen LogP contribution in [0.4, 0.5) is 17.5 Å². The fourth-order valence-corrected chi connectivity index (χ4v) is 3.22. The minimum Gasteiger partial charge on any atom is -0.496 e. The Morgan fingerprint density at radius 1 is 0.833 bits per heavy atom. The largest absolute Gasteiger partial charge is 0.496 e. The highest BCUT2D eigenvalue weighted by atomic mass is 16.5. The molecule has 1 heterocycles. The number of rotatable bonds is 7. The number of aromatic nitrogens is 2. The van der Waals surface area contributed by atoms with Crippen LogP contribution >= 0.6 is 0 Å². The van der Waals surface area contributed by atoms with Gasteiger partial charge in [-0.15, -0.1) is 0 Å². The SMILES string of the molecule is COc1ccc(Nc2nc(NCc3ccccc3)cc(-c3ccccc3)n2)cc1C. The summed E-state index contributed by atoms with van der Waals surface area (Å²) < 4.78 is 5.35. The lowest BCUT2D eigenvalue weighted by atomic mass is 10.1. The average molecular weight is 396 g/mol. The van der Waals surface area contributed by atoms with Gasteiger partial charge in [-0.05, 0) is 36.2 Å². The predicted molar refractivity (Wildman–Crippen MR) is 122 cm³/mol. The Morgan fingerprint density at radius 3 is 2.27 bits per heavy atom. The monoisotopic (exact) mass is 396 g/mol. The molecule has 0 aliphatic carbocycles. The molecule has 0 saturated heterocycles. The molecule has 0 amide bonds. The van der Waals surface area contributed by atoms with E-state index < -0.39 is 0 Å². The maximum Gasteiger partial charge on any atom is 0.229 e. The lowest BCUT2D eigenvalue weighted by Gasteiger charge is -2.13. The van der Waals surface area contributed by atoms with Crippen molar-refractivity contribution in [2.24, 2.45) is 0 Å². The summed E-state index contributed by atoms with van der Waals surface area (Å²) in [6.07, 6.45) is 0. The molecule has 4 aromatic rings. The first-order chi connectivity index (χ1) is 14.7. The van der Waals surface area contributed by atoms with Gasteiger partial charge in [0.1, 0.15) is 11.6 Å². The minimum absolute atomic E-state index is 0.538. The van der Waals surface area contributed by atoms with Gasteiger partial charge in [-0.3, -0.25) is 0 Å². The minimum atomic E-state index is 0.538. The third-order valence-corrected chi connectivity index (χ3v) is 4.76. The summed E-state index contributed by atoms with van der Waals surface area (Å²) in [5.41, 5.74) is 5.04. The van der Waals surface area contributed by atoms with Crippen molar-refractivity contribution in [1.82, 2.24) is 9.97 Å². The third kappa shape index (κ3) is 4.75. The molecule has 5 heteroatoms. The number of ether oxygens (including phenoxy) is 1. The van der Waals surface area contributed by atoms with Crippen molar-refractivity contribution in [3.05, 3.63) is 96.1 Å². The van der Waals surface area contributed by atoms with Gasteiger partial charge in [0.15, 0.2) is 0 Å². The Bertz CT molecular complexity index is 1110. The van der Waals surface area contributed by atoms with E-state index in [0.717, 1.165) is 34.1 Å². The lowest BCUT2D eigenvalue weighted by Crippen LogP contribution is -2.05. The van der Waals surface area contributed by atoms with Crippen LogP contribution in [-0.4, -0.2) is 17.1 Å². The smallest absolute Gasteiger partial charge is 0.229 e. The molecule has 0 fully saturated rings. The van der Waals surface area contributed by atoms with E-state index >= 15 is 0 Å². The molecule has 3 aromatic carbocycles. The number of nitrogens with zero attached hydrogens (tertiary/aromatic N) is 2. The van der Waals surface area contributed by atoms with Crippen LogP contribution in [0.1, 0.15) is 11.1 Å². The van der Waals surface area contributed by atoms with E-state index in [1.165, 1.54) is 5.56 Å². The molecule has 30 heavy (non-hydrogen) atoms. The second-order valence-electron chi connectivity index (χ2n) is 6.98. The molecule has 1 aromatic heterocycles. The third-order valence-electron chi connectivity index (χ3n) is 4.76. The predicted octanol–water partition coefficient (Wildman–Crippen LogP) is 5.82. The first-order valence-corrected chi connectivity index (χ1v) is 9.85. The van der Waals surface area contributed by atoms with E-state index in [2.05, 4.69) is 27.8 Å². The van der Waals surface area contributed by atoms with E-state index in [4.69, 9.17) is 9.72 Å². The number of hydrogen-bond acceptors (Lipinski definition) is 5. The van der Waals surface area contributed by atoms with Crippen molar-refractivity contribution >= 4 is 17.5 Å². The first-order valence-electron chi connectivity index (χ1n) is 9.85. The summed E-state index contributed by atoms with van der Waals surface area (Å²) in [5, 5.41) is 6.74. The fraction of sp³-hybridized carbons (Fsp3) is 0.120. The summed E-state index contributed by atoms with van der Waals surface area (Å²) in [7, 11) is 1.67. The van der Waals surface area contributed by atoms with Gasteiger partial charge in [-0.1, -0.05) is 60.7 Å². The van der Waals surface area contributed by atoms with Gasteiger partial charge in [0.25, 0.3) is 0 Å². The Balaban J connectivity index is 1.64. The highest BCUT2D eigenvalue weighted by molar-refractivity contribution is 5.66. The molecule has 0 aliphatic heterocycles. The summed E-state index contributed by atoms with van der Waals surface area (Å²) >= 11 is 0. The van der Waals surface area contributed by atoms with Crippen molar-refractivity contribution in [2.75, 3.05) is 17.7 Å². The summed E-state index contributed by atoms with van der Waals surface area (Å²) in [4.78, 5) is 9.41. The van der Waals surface area contributed by atoms with Crippen LogP contribution in [0.2, 0.25) is 0 Å². The Hall–Kier alpha value is -3.86. The van der Waals surface area contributed by atoms with Crippen LogP contribution in [-0.2, 0) is 6.54 Å². The Kier molecular flexibility index (Phi) is 5.90. The van der Waals surface area contributed by atoms with Crippen LogP contribution in [0.3, 0.4) is 0 Å². The van der Waals surface area contributed by atoms with Crippen molar-refractivity contribution in [1.29, 1.82) is 0 Å². The number of benzene rings is 3. The zero-order chi connectivity index (χ0) is 20.8. The van der Waals surface area contributed by atoms with Gasteiger partial charge < -0.3 is 15.4 Å². The zero-order valence-corrected chi connectivity index (χ0v) is 17.1. The molecular weight excluding hydrogens is 372 g/mol. The summed E-state index contributed by atoms with van der Waals surface area (Å²) in [6.45, 7) is 2.70. The Labute approximate surface area is 176 Å². The first kappa shape index (κ1) is 19.5. The molecule has 0 spiro atoms. The number of aryl methyl sites for hydroxylation is 1. The van der Waals surface area contributed by atoms with Crippen molar-refractivity contribution in [3.8, 4) is 17.0 Å². The van der Waals surface area contributed by atoms with E-state index in [0.29, 0.717) is 12.5 Å². The van der Waals surface area contributed by atoms with Gasteiger partial charge >= 0.3 is 0 Å². The van der Waals surface area contributed by atoms with Crippen molar-refractivity contribution in [3.63, 3.8) is 0 Å². The van der Waals surface area contributed by atoms with Gasteiger partial charge in [0, 0.05) is 23.9 Å². The van der Waals surface area contributed by atoms with Crippen LogP contribution in [0.25, 0.3) is 11.3 Å². The number of methoxy groups -OCH3 is 1. The molecule has 5 nitrogen and oxygen atoms in total. The highest BCUT2D eigenvalue weighted by Crippen LogP contribution is 2.26. The standard InChI is InChI=1S/C25H24N4O/c1-18-15-21(13-14-23(18)30-2)27-25-28-22(20-11-7-4-8-12-20)16-24(29-25)26-17-19-9-5-3-6-10-19/h3-16H,17H2,1-2H3,(H2,26,27,28,29). The van der Waals surface area contributed by atoms with Crippen LogP contribution in [0, 0.1) is 6.92 Å². The van der Waals surface area contributed by atoms with E-state index in [1.54, 1.807) is 7.11 Å². The fourth-order valence-electron chi connectivity index (χ4n) is 3.22. The zero-order valence-electron chi connectivity index (χ0n) is 17.1. The molecule has 4 rings (SSSR count). The number of nitrogens with one attached hydrogen (secondary N) is 2. The average Bonchev–Trinajstić information content (AvgIpc) is 2.79. The van der Waals surface area contributed by atoms with Gasteiger partial charge in [-0.25, -0.2) is 4.98 Å². The molecule has 0 aliphatic rings. The second-order valence-corrected chi connectivity index (χ2v) is 6.98. The topological polar surface area (TPSA) is 59.1 Å². The summed E-state index contributed by atoms with van der Waals surface area (Å²) in [5.74, 6) is 2.15. The van der Waals surface area contributed by atoms with Crippen LogP contribution < -0.4 is 15.4 Å². The molecule has 0 atom stereocenters. The van der Waals surface area contributed by atoms with Crippen LogP contribution in [0.5, 0.6) is 5.75 Å². The molecule has 0 radical (unpaired) electrons. The maximum atomic E-state index is 5.35. The van der Waals surface area contributed by atoms with Crippen LogP contribution in [0.15, 0.2) is 84.9 Å². The molecule has 150 valence electrons. The highest BCUT2D eigenvalue weighted by Gasteiger charge is 2.08. The van der Waals surface area contributed by atoms with Crippen molar-refractivity contribution in [2.45, 2.75) is 13.5 Å². The van der Waals surface area contributed by atoms with Crippen molar-refractivity contribution < 1.29 is 4.74 Å². The quantitative estimate of drug-likeness (QED) is 0.412. The van der Waals surface area contributed by atoms with E-state index in [-0.39, 0.29) is 0 Å².